The first-order chi connectivity index (χ1) is 8.27. The van der Waals surface area contributed by atoms with E-state index in [1.807, 2.05) is 0 Å². The van der Waals surface area contributed by atoms with Crippen LogP contribution in [0.5, 0.6) is 0 Å². The molecule has 2 aliphatic rings. The highest BCUT2D eigenvalue weighted by molar-refractivity contribution is 7.99. The summed E-state index contributed by atoms with van der Waals surface area (Å²) in [7, 11) is 0. The first-order valence-corrected chi connectivity index (χ1v) is 8.09. The van der Waals surface area contributed by atoms with Gasteiger partial charge in [0.15, 0.2) is 0 Å². The van der Waals surface area contributed by atoms with E-state index < -0.39 is 0 Å². The molecule has 17 heavy (non-hydrogen) atoms. The second-order valence-corrected chi connectivity index (χ2v) is 6.40. The normalized spacial score (nSPS) is 32.8. The fourth-order valence-electron chi connectivity index (χ4n) is 2.66. The van der Waals surface area contributed by atoms with Gasteiger partial charge >= 0.3 is 0 Å². The molecule has 0 aliphatic carbocycles. The molecular formula is C13H26N2OS. The van der Waals surface area contributed by atoms with Gasteiger partial charge in [0, 0.05) is 49.8 Å². The van der Waals surface area contributed by atoms with E-state index >= 15 is 0 Å². The quantitative estimate of drug-likeness (QED) is 0.809. The van der Waals surface area contributed by atoms with Crippen LogP contribution in [0.25, 0.3) is 0 Å². The van der Waals surface area contributed by atoms with Gasteiger partial charge in [-0.25, -0.2) is 0 Å². The Morgan fingerprint density at radius 1 is 1.53 bits per heavy atom. The van der Waals surface area contributed by atoms with Crippen LogP contribution in [-0.2, 0) is 4.74 Å². The summed E-state index contributed by atoms with van der Waals surface area (Å²) < 4.78 is 5.70. The van der Waals surface area contributed by atoms with Crippen molar-refractivity contribution in [2.24, 2.45) is 0 Å². The Kier molecular flexibility index (Phi) is 5.60. The average molecular weight is 258 g/mol. The molecule has 3 atom stereocenters. The number of nitrogens with zero attached hydrogens (tertiary/aromatic N) is 1. The van der Waals surface area contributed by atoms with Crippen LogP contribution in [0, 0.1) is 0 Å². The van der Waals surface area contributed by atoms with Crippen molar-refractivity contribution in [3.63, 3.8) is 0 Å². The first-order valence-electron chi connectivity index (χ1n) is 6.94. The van der Waals surface area contributed by atoms with Crippen LogP contribution in [0.4, 0.5) is 0 Å². The minimum Gasteiger partial charge on any atom is -0.377 e. The molecule has 1 N–H and O–H groups in total. The molecule has 2 aliphatic heterocycles. The number of hydrogen-bond acceptors (Lipinski definition) is 4. The number of ether oxygens (including phenoxy) is 1. The third-order valence-corrected chi connectivity index (χ3v) is 5.08. The Labute approximate surface area is 110 Å². The fourth-order valence-corrected chi connectivity index (χ4v) is 3.74. The molecular weight excluding hydrogens is 232 g/mol. The monoisotopic (exact) mass is 258 g/mol. The number of thioether (sulfide) groups is 1. The van der Waals surface area contributed by atoms with Gasteiger partial charge in [-0.05, 0) is 26.7 Å². The van der Waals surface area contributed by atoms with Gasteiger partial charge in [0.2, 0.25) is 0 Å². The highest BCUT2D eigenvalue weighted by Gasteiger charge is 2.22. The van der Waals surface area contributed by atoms with Crippen LogP contribution >= 0.6 is 11.8 Å². The zero-order valence-electron chi connectivity index (χ0n) is 11.2. The van der Waals surface area contributed by atoms with Gasteiger partial charge in [0.25, 0.3) is 0 Å². The molecule has 2 saturated heterocycles. The van der Waals surface area contributed by atoms with Crippen LogP contribution < -0.4 is 5.32 Å². The number of hydrogen-bond donors (Lipinski definition) is 1. The molecule has 4 heteroatoms. The fraction of sp³-hybridized carbons (Fsp3) is 1.00. The minimum atomic E-state index is 0.448. The minimum absolute atomic E-state index is 0.448. The Balaban J connectivity index is 1.61. The number of nitrogens with one attached hydrogen (secondary N) is 1. The van der Waals surface area contributed by atoms with Crippen molar-refractivity contribution in [2.45, 2.75) is 44.9 Å². The van der Waals surface area contributed by atoms with Gasteiger partial charge in [-0.1, -0.05) is 0 Å². The van der Waals surface area contributed by atoms with Gasteiger partial charge in [-0.15, -0.1) is 0 Å². The van der Waals surface area contributed by atoms with E-state index in [2.05, 4.69) is 35.8 Å². The van der Waals surface area contributed by atoms with Crippen LogP contribution in [0.2, 0.25) is 0 Å². The standard InChI is InChI=1S/C13H26N2OS/c1-11-10-17-9-7-15(11)6-5-14-12(2)13-4-3-8-16-13/h11-14H,3-10H2,1-2H3. The molecule has 0 aromatic carbocycles. The Bertz CT molecular complexity index is 221. The molecule has 2 rings (SSSR count). The van der Waals surface area contributed by atoms with E-state index in [-0.39, 0.29) is 0 Å². The predicted molar refractivity (Wildman–Crippen MR) is 74.8 cm³/mol. The summed E-state index contributed by atoms with van der Waals surface area (Å²) in [6.07, 6.45) is 2.91. The van der Waals surface area contributed by atoms with Crippen molar-refractivity contribution >= 4 is 11.8 Å². The van der Waals surface area contributed by atoms with Crippen LogP contribution in [0.1, 0.15) is 26.7 Å². The molecule has 0 radical (unpaired) electrons. The Hall–Kier alpha value is 0.230. The van der Waals surface area contributed by atoms with Crippen molar-refractivity contribution in [2.75, 3.05) is 37.7 Å². The zero-order chi connectivity index (χ0) is 12.1. The molecule has 2 heterocycles. The molecule has 0 saturated carbocycles. The summed E-state index contributed by atoms with van der Waals surface area (Å²) >= 11 is 2.08. The van der Waals surface area contributed by atoms with Gasteiger partial charge in [-0.3, -0.25) is 4.90 Å². The second kappa shape index (κ2) is 6.98. The first kappa shape index (κ1) is 13.7. The molecule has 3 nitrogen and oxygen atoms in total. The Morgan fingerprint density at radius 2 is 2.41 bits per heavy atom. The summed E-state index contributed by atoms with van der Waals surface area (Å²) in [4.78, 5) is 2.60. The summed E-state index contributed by atoms with van der Waals surface area (Å²) in [6.45, 7) is 9.08. The number of rotatable bonds is 5. The molecule has 0 spiro atoms. The maximum absolute atomic E-state index is 5.70. The van der Waals surface area contributed by atoms with Crippen LogP contribution in [0.3, 0.4) is 0 Å². The predicted octanol–water partition coefficient (Wildman–Crippen LogP) is 1.58. The molecule has 0 aromatic heterocycles. The Morgan fingerprint density at radius 3 is 3.12 bits per heavy atom. The summed E-state index contributed by atoms with van der Waals surface area (Å²) in [5.74, 6) is 2.59. The second-order valence-electron chi connectivity index (χ2n) is 5.25. The highest BCUT2D eigenvalue weighted by atomic mass is 32.2. The van der Waals surface area contributed by atoms with Gasteiger partial charge in [0.1, 0.15) is 0 Å². The van der Waals surface area contributed by atoms with Crippen molar-refractivity contribution < 1.29 is 4.74 Å². The van der Waals surface area contributed by atoms with Crippen molar-refractivity contribution in [1.29, 1.82) is 0 Å². The van der Waals surface area contributed by atoms with Crippen LogP contribution in [-0.4, -0.2) is 60.8 Å². The van der Waals surface area contributed by atoms with E-state index in [4.69, 9.17) is 4.74 Å². The lowest BCUT2D eigenvalue weighted by atomic mass is 10.1. The van der Waals surface area contributed by atoms with E-state index in [1.54, 1.807) is 0 Å². The van der Waals surface area contributed by atoms with Gasteiger partial charge in [-0.2, -0.15) is 11.8 Å². The SMILES string of the molecule is CC(NCCN1CCSCC1C)C1CCCO1. The van der Waals surface area contributed by atoms with E-state index in [1.165, 1.54) is 37.4 Å². The van der Waals surface area contributed by atoms with Crippen molar-refractivity contribution in [1.82, 2.24) is 10.2 Å². The molecule has 3 unspecified atom stereocenters. The maximum atomic E-state index is 5.70. The van der Waals surface area contributed by atoms with Crippen molar-refractivity contribution in [3.8, 4) is 0 Å². The average Bonchev–Trinajstić information content (AvgIpc) is 2.85. The highest BCUT2D eigenvalue weighted by Crippen LogP contribution is 2.16. The maximum Gasteiger partial charge on any atom is 0.0726 e. The lowest BCUT2D eigenvalue weighted by molar-refractivity contribution is 0.0822. The molecule has 0 bridgehead atoms. The third-order valence-electron chi connectivity index (χ3n) is 3.89. The lowest BCUT2D eigenvalue weighted by Crippen LogP contribution is -2.46. The summed E-state index contributed by atoms with van der Waals surface area (Å²) in [5, 5.41) is 3.62. The van der Waals surface area contributed by atoms with Gasteiger partial charge < -0.3 is 10.1 Å². The zero-order valence-corrected chi connectivity index (χ0v) is 12.0. The molecule has 2 fully saturated rings. The largest absolute Gasteiger partial charge is 0.377 e. The van der Waals surface area contributed by atoms with E-state index in [0.29, 0.717) is 12.1 Å². The molecule has 0 aromatic rings. The van der Waals surface area contributed by atoms with Gasteiger partial charge in [0.05, 0.1) is 6.10 Å². The van der Waals surface area contributed by atoms with E-state index in [9.17, 15) is 0 Å². The summed E-state index contributed by atoms with van der Waals surface area (Å²) in [5.41, 5.74) is 0. The van der Waals surface area contributed by atoms with Crippen LogP contribution in [0.15, 0.2) is 0 Å². The third kappa shape index (κ3) is 4.12. The van der Waals surface area contributed by atoms with Crippen molar-refractivity contribution in [3.05, 3.63) is 0 Å². The summed E-state index contributed by atoms with van der Waals surface area (Å²) in [6, 6.07) is 1.25. The lowest BCUT2D eigenvalue weighted by Gasteiger charge is -2.33. The van der Waals surface area contributed by atoms with E-state index in [0.717, 1.165) is 19.2 Å². The topological polar surface area (TPSA) is 24.5 Å². The smallest absolute Gasteiger partial charge is 0.0726 e. The molecule has 0 amide bonds. The molecule has 100 valence electrons.